The standard InChI is InChI=1S/C16H23NO/c1-11-6-7-13(8-12(11)2)9-16(18)15-5-3-4-14(15)10-17/h6-8,14-15H,3-5,9-10,17H2,1-2H3. The molecule has 98 valence electrons. The SMILES string of the molecule is Cc1ccc(CC(=O)C2CCCC2CN)cc1C. The van der Waals surface area contributed by atoms with Crippen LogP contribution in [0.3, 0.4) is 0 Å². The Balaban J connectivity index is 2.04. The molecule has 1 saturated carbocycles. The summed E-state index contributed by atoms with van der Waals surface area (Å²) in [5.41, 5.74) is 9.44. The second-order valence-corrected chi connectivity index (χ2v) is 5.59. The molecule has 0 heterocycles. The molecule has 1 fully saturated rings. The highest BCUT2D eigenvalue weighted by atomic mass is 16.1. The van der Waals surface area contributed by atoms with Crippen LogP contribution in [0.1, 0.15) is 36.0 Å². The van der Waals surface area contributed by atoms with Gasteiger partial charge in [0.1, 0.15) is 5.78 Å². The van der Waals surface area contributed by atoms with Gasteiger partial charge in [-0.25, -0.2) is 0 Å². The van der Waals surface area contributed by atoms with E-state index in [9.17, 15) is 4.79 Å². The van der Waals surface area contributed by atoms with E-state index in [2.05, 4.69) is 32.0 Å². The third kappa shape index (κ3) is 2.81. The molecule has 18 heavy (non-hydrogen) atoms. The summed E-state index contributed by atoms with van der Waals surface area (Å²) in [7, 11) is 0. The molecule has 0 amide bonds. The number of hydrogen-bond donors (Lipinski definition) is 1. The summed E-state index contributed by atoms with van der Waals surface area (Å²) in [6.07, 6.45) is 3.89. The summed E-state index contributed by atoms with van der Waals surface area (Å²) in [5, 5.41) is 0. The average molecular weight is 245 g/mol. The largest absolute Gasteiger partial charge is 0.330 e. The molecule has 1 aromatic carbocycles. The number of carbonyl (C=O) groups excluding carboxylic acids is 1. The van der Waals surface area contributed by atoms with Crippen LogP contribution in [0, 0.1) is 25.7 Å². The molecule has 0 bridgehead atoms. The van der Waals surface area contributed by atoms with E-state index < -0.39 is 0 Å². The highest BCUT2D eigenvalue weighted by molar-refractivity contribution is 5.83. The second kappa shape index (κ2) is 5.66. The van der Waals surface area contributed by atoms with Gasteiger partial charge in [-0.15, -0.1) is 0 Å². The maximum atomic E-state index is 12.3. The first kappa shape index (κ1) is 13.3. The second-order valence-electron chi connectivity index (χ2n) is 5.59. The van der Waals surface area contributed by atoms with Crippen molar-refractivity contribution in [1.82, 2.24) is 0 Å². The van der Waals surface area contributed by atoms with Crippen LogP contribution in [0.15, 0.2) is 18.2 Å². The molecule has 2 N–H and O–H groups in total. The van der Waals surface area contributed by atoms with Crippen LogP contribution in [-0.2, 0) is 11.2 Å². The Morgan fingerprint density at radius 3 is 2.72 bits per heavy atom. The normalized spacial score (nSPS) is 23.3. The quantitative estimate of drug-likeness (QED) is 0.886. The highest BCUT2D eigenvalue weighted by Crippen LogP contribution is 2.32. The Morgan fingerprint density at radius 1 is 1.28 bits per heavy atom. The third-order valence-corrected chi connectivity index (χ3v) is 4.33. The van der Waals surface area contributed by atoms with Gasteiger partial charge in [-0.05, 0) is 55.8 Å². The summed E-state index contributed by atoms with van der Waals surface area (Å²) < 4.78 is 0. The topological polar surface area (TPSA) is 43.1 Å². The molecule has 2 atom stereocenters. The number of Topliss-reactive ketones (excluding diaryl/α,β-unsaturated/α-hetero) is 1. The van der Waals surface area contributed by atoms with E-state index in [1.54, 1.807) is 0 Å². The van der Waals surface area contributed by atoms with Crippen LogP contribution in [0.4, 0.5) is 0 Å². The van der Waals surface area contributed by atoms with Crippen LogP contribution in [0.2, 0.25) is 0 Å². The lowest BCUT2D eigenvalue weighted by atomic mass is 9.88. The molecule has 2 unspecified atom stereocenters. The summed E-state index contributed by atoms with van der Waals surface area (Å²) in [6, 6.07) is 6.32. The van der Waals surface area contributed by atoms with Crippen LogP contribution in [-0.4, -0.2) is 12.3 Å². The number of hydrogen-bond acceptors (Lipinski definition) is 2. The zero-order valence-electron chi connectivity index (χ0n) is 11.4. The highest BCUT2D eigenvalue weighted by Gasteiger charge is 2.31. The van der Waals surface area contributed by atoms with Gasteiger partial charge in [0, 0.05) is 12.3 Å². The average Bonchev–Trinajstić information content (AvgIpc) is 2.82. The Morgan fingerprint density at radius 2 is 2.06 bits per heavy atom. The molecule has 1 aromatic rings. The van der Waals surface area contributed by atoms with Crippen molar-refractivity contribution in [3.05, 3.63) is 34.9 Å². The number of benzene rings is 1. The van der Waals surface area contributed by atoms with Gasteiger partial charge in [-0.1, -0.05) is 24.6 Å². The molecule has 2 heteroatoms. The van der Waals surface area contributed by atoms with Gasteiger partial charge in [0.2, 0.25) is 0 Å². The lowest BCUT2D eigenvalue weighted by Crippen LogP contribution is -2.26. The Kier molecular flexibility index (Phi) is 4.18. The molecule has 2 nitrogen and oxygen atoms in total. The maximum Gasteiger partial charge on any atom is 0.140 e. The van der Waals surface area contributed by atoms with Crippen molar-refractivity contribution in [2.45, 2.75) is 39.5 Å². The summed E-state index contributed by atoms with van der Waals surface area (Å²) >= 11 is 0. The van der Waals surface area contributed by atoms with Crippen molar-refractivity contribution in [1.29, 1.82) is 0 Å². The van der Waals surface area contributed by atoms with Gasteiger partial charge < -0.3 is 5.73 Å². The van der Waals surface area contributed by atoms with E-state index in [1.165, 1.54) is 11.1 Å². The Labute approximate surface area is 110 Å². The van der Waals surface area contributed by atoms with E-state index in [1.807, 2.05) is 0 Å². The van der Waals surface area contributed by atoms with Gasteiger partial charge in [-0.3, -0.25) is 4.79 Å². The van der Waals surface area contributed by atoms with E-state index in [0.29, 0.717) is 24.7 Å². The minimum atomic E-state index is 0.205. The first-order valence-electron chi connectivity index (χ1n) is 6.90. The molecule has 2 rings (SSSR count). The lowest BCUT2D eigenvalue weighted by molar-refractivity contribution is -0.123. The monoisotopic (exact) mass is 245 g/mol. The summed E-state index contributed by atoms with van der Waals surface area (Å²) in [4.78, 5) is 12.3. The molecule has 1 aliphatic carbocycles. The van der Waals surface area contributed by atoms with E-state index in [4.69, 9.17) is 5.73 Å². The van der Waals surface area contributed by atoms with E-state index in [-0.39, 0.29) is 5.92 Å². The van der Waals surface area contributed by atoms with Gasteiger partial charge in [0.05, 0.1) is 0 Å². The maximum absolute atomic E-state index is 12.3. The molecule has 0 aliphatic heterocycles. The third-order valence-electron chi connectivity index (χ3n) is 4.33. The van der Waals surface area contributed by atoms with Crippen molar-refractivity contribution in [2.75, 3.05) is 6.54 Å². The van der Waals surface area contributed by atoms with Crippen molar-refractivity contribution >= 4 is 5.78 Å². The predicted octanol–water partition coefficient (Wildman–Crippen LogP) is 2.79. The van der Waals surface area contributed by atoms with Crippen LogP contribution < -0.4 is 5.73 Å². The van der Waals surface area contributed by atoms with Crippen molar-refractivity contribution < 1.29 is 4.79 Å². The molecule has 0 saturated heterocycles. The van der Waals surface area contributed by atoms with Crippen molar-refractivity contribution in [2.24, 2.45) is 17.6 Å². The lowest BCUT2D eigenvalue weighted by Gasteiger charge is -2.16. The molecule has 0 spiro atoms. The van der Waals surface area contributed by atoms with Gasteiger partial charge in [-0.2, -0.15) is 0 Å². The van der Waals surface area contributed by atoms with Crippen molar-refractivity contribution in [3.63, 3.8) is 0 Å². The van der Waals surface area contributed by atoms with Crippen LogP contribution in [0.5, 0.6) is 0 Å². The molecule has 0 aromatic heterocycles. The minimum absolute atomic E-state index is 0.205. The first-order chi connectivity index (χ1) is 8.61. The van der Waals surface area contributed by atoms with E-state index >= 15 is 0 Å². The van der Waals surface area contributed by atoms with Gasteiger partial charge in [0.25, 0.3) is 0 Å². The zero-order chi connectivity index (χ0) is 13.1. The molecule has 0 radical (unpaired) electrons. The summed E-state index contributed by atoms with van der Waals surface area (Å²) in [6.45, 7) is 4.85. The van der Waals surface area contributed by atoms with Crippen LogP contribution >= 0.6 is 0 Å². The fourth-order valence-electron chi connectivity index (χ4n) is 2.99. The smallest absolute Gasteiger partial charge is 0.140 e. The first-order valence-corrected chi connectivity index (χ1v) is 6.90. The van der Waals surface area contributed by atoms with Gasteiger partial charge >= 0.3 is 0 Å². The molecule has 1 aliphatic rings. The van der Waals surface area contributed by atoms with Crippen molar-refractivity contribution in [3.8, 4) is 0 Å². The Bertz CT molecular complexity index is 439. The zero-order valence-corrected chi connectivity index (χ0v) is 11.4. The Hall–Kier alpha value is -1.15. The van der Waals surface area contributed by atoms with Gasteiger partial charge in [0.15, 0.2) is 0 Å². The number of nitrogens with two attached hydrogens (primary N) is 1. The fourth-order valence-corrected chi connectivity index (χ4v) is 2.99. The molecular formula is C16H23NO. The van der Waals surface area contributed by atoms with E-state index in [0.717, 1.165) is 24.8 Å². The number of ketones is 1. The number of aryl methyl sites for hydroxylation is 2. The number of carbonyl (C=O) groups is 1. The number of rotatable bonds is 4. The van der Waals surface area contributed by atoms with Crippen LogP contribution in [0.25, 0.3) is 0 Å². The fraction of sp³-hybridized carbons (Fsp3) is 0.562. The predicted molar refractivity (Wildman–Crippen MR) is 74.5 cm³/mol. The minimum Gasteiger partial charge on any atom is -0.330 e. The summed E-state index contributed by atoms with van der Waals surface area (Å²) in [5.74, 6) is 1.01. The molecular weight excluding hydrogens is 222 g/mol.